The molecule has 0 aromatic carbocycles. The summed E-state index contributed by atoms with van der Waals surface area (Å²) in [7, 11) is 1.73. The van der Waals surface area contributed by atoms with Gasteiger partial charge in [-0.25, -0.2) is 0 Å². The molecular weight excluding hydrogens is 190 g/mol. The Hall–Kier alpha value is -0.120. The van der Waals surface area contributed by atoms with Gasteiger partial charge in [0.05, 0.1) is 12.7 Å². The first-order valence-corrected chi connectivity index (χ1v) is 6.10. The van der Waals surface area contributed by atoms with E-state index in [1.807, 2.05) is 0 Å². The van der Waals surface area contributed by atoms with Crippen LogP contribution in [0.5, 0.6) is 0 Å². The predicted molar refractivity (Wildman–Crippen MR) is 61.9 cm³/mol. The molecule has 3 heteroatoms. The van der Waals surface area contributed by atoms with E-state index in [0.717, 1.165) is 26.1 Å². The average molecular weight is 215 g/mol. The van der Waals surface area contributed by atoms with Gasteiger partial charge in [0, 0.05) is 26.2 Å². The van der Waals surface area contributed by atoms with Crippen molar-refractivity contribution in [2.45, 2.75) is 45.3 Å². The first-order valence-electron chi connectivity index (χ1n) is 6.10. The lowest BCUT2D eigenvalue weighted by Gasteiger charge is -2.30. The minimum atomic E-state index is -0.129. The summed E-state index contributed by atoms with van der Waals surface area (Å²) in [6.45, 7) is 6.89. The molecule has 0 aromatic heterocycles. The SMILES string of the molecule is CCC(C)N(CCOC)CC(O)C1CC1. The van der Waals surface area contributed by atoms with Crippen molar-refractivity contribution >= 4 is 0 Å². The summed E-state index contributed by atoms with van der Waals surface area (Å²) in [5.74, 6) is 0.569. The van der Waals surface area contributed by atoms with Crippen molar-refractivity contribution in [2.75, 3.05) is 26.8 Å². The molecule has 0 amide bonds. The number of aliphatic hydroxyl groups excluding tert-OH is 1. The van der Waals surface area contributed by atoms with E-state index in [1.54, 1.807) is 7.11 Å². The summed E-state index contributed by atoms with van der Waals surface area (Å²) >= 11 is 0. The molecule has 2 unspecified atom stereocenters. The normalized spacial score (nSPS) is 20.6. The van der Waals surface area contributed by atoms with Crippen LogP contribution in [0.1, 0.15) is 33.1 Å². The van der Waals surface area contributed by atoms with Crippen molar-refractivity contribution in [2.24, 2.45) is 5.92 Å². The summed E-state index contributed by atoms with van der Waals surface area (Å²) in [4.78, 5) is 2.34. The molecule has 1 rings (SSSR count). The zero-order chi connectivity index (χ0) is 11.3. The maximum Gasteiger partial charge on any atom is 0.0695 e. The van der Waals surface area contributed by atoms with E-state index in [1.165, 1.54) is 12.8 Å². The molecule has 1 aliphatic rings. The van der Waals surface area contributed by atoms with Crippen LogP contribution in [0.3, 0.4) is 0 Å². The maximum absolute atomic E-state index is 9.92. The van der Waals surface area contributed by atoms with Crippen molar-refractivity contribution < 1.29 is 9.84 Å². The van der Waals surface area contributed by atoms with E-state index < -0.39 is 0 Å². The molecule has 0 heterocycles. The number of aliphatic hydroxyl groups is 1. The van der Waals surface area contributed by atoms with Gasteiger partial charge >= 0.3 is 0 Å². The highest BCUT2D eigenvalue weighted by atomic mass is 16.5. The summed E-state index contributed by atoms with van der Waals surface area (Å²) < 4.78 is 5.10. The number of ether oxygens (including phenoxy) is 1. The summed E-state index contributed by atoms with van der Waals surface area (Å²) in [6, 6.07) is 0.536. The molecule has 1 N–H and O–H groups in total. The van der Waals surface area contributed by atoms with Gasteiger partial charge in [0.2, 0.25) is 0 Å². The maximum atomic E-state index is 9.92. The Morgan fingerprint density at radius 3 is 2.60 bits per heavy atom. The monoisotopic (exact) mass is 215 g/mol. The second-order valence-corrected chi connectivity index (χ2v) is 4.65. The summed E-state index contributed by atoms with van der Waals surface area (Å²) in [6.07, 6.45) is 3.41. The fourth-order valence-corrected chi connectivity index (χ4v) is 1.83. The van der Waals surface area contributed by atoms with Crippen molar-refractivity contribution in [3.8, 4) is 0 Å². The second-order valence-electron chi connectivity index (χ2n) is 4.65. The molecule has 0 bridgehead atoms. The lowest BCUT2D eigenvalue weighted by atomic mass is 10.1. The van der Waals surface area contributed by atoms with Gasteiger partial charge < -0.3 is 9.84 Å². The molecule has 0 spiro atoms. The Morgan fingerprint density at radius 1 is 1.47 bits per heavy atom. The number of hydrogen-bond acceptors (Lipinski definition) is 3. The highest BCUT2D eigenvalue weighted by molar-refractivity contribution is 4.84. The lowest BCUT2D eigenvalue weighted by molar-refractivity contribution is 0.0569. The Labute approximate surface area is 93.4 Å². The zero-order valence-electron chi connectivity index (χ0n) is 10.3. The molecule has 0 radical (unpaired) electrons. The minimum Gasteiger partial charge on any atom is -0.392 e. The van der Waals surface area contributed by atoms with Crippen LogP contribution in [0.15, 0.2) is 0 Å². The van der Waals surface area contributed by atoms with Gasteiger partial charge in [-0.1, -0.05) is 6.92 Å². The quantitative estimate of drug-likeness (QED) is 0.666. The predicted octanol–water partition coefficient (Wildman–Crippen LogP) is 1.50. The Kier molecular flexibility index (Phi) is 5.58. The second kappa shape index (κ2) is 6.46. The van der Waals surface area contributed by atoms with E-state index in [2.05, 4.69) is 18.7 Å². The van der Waals surface area contributed by atoms with Crippen molar-refractivity contribution in [1.82, 2.24) is 4.90 Å². The standard InChI is InChI=1S/C12H25NO2/c1-4-10(2)13(7-8-15-3)9-12(14)11-5-6-11/h10-12,14H,4-9H2,1-3H3. The number of rotatable bonds is 8. The van der Waals surface area contributed by atoms with Gasteiger partial charge in [-0.2, -0.15) is 0 Å². The molecular formula is C12H25NO2. The molecule has 0 aliphatic heterocycles. The smallest absolute Gasteiger partial charge is 0.0695 e. The highest BCUT2D eigenvalue weighted by Crippen LogP contribution is 2.33. The summed E-state index contributed by atoms with van der Waals surface area (Å²) in [5.41, 5.74) is 0. The van der Waals surface area contributed by atoms with Crippen molar-refractivity contribution in [1.29, 1.82) is 0 Å². The van der Waals surface area contributed by atoms with Crippen molar-refractivity contribution in [3.63, 3.8) is 0 Å². The molecule has 3 nitrogen and oxygen atoms in total. The van der Waals surface area contributed by atoms with Gasteiger partial charge in [0.15, 0.2) is 0 Å². The third-order valence-electron chi connectivity index (χ3n) is 3.38. The highest BCUT2D eigenvalue weighted by Gasteiger charge is 2.31. The molecule has 1 saturated carbocycles. The third kappa shape index (κ3) is 4.49. The lowest BCUT2D eigenvalue weighted by Crippen LogP contribution is -2.41. The van der Waals surface area contributed by atoms with Crippen molar-refractivity contribution in [3.05, 3.63) is 0 Å². The fourth-order valence-electron chi connectivity index (χ4n) is 1.83. The van der Waals surface area contributed by atoms with Gasteiger partial charge in [-0.3, -0.25) is 4.90 Å². The van der Waals surface area contributed by atoms with E-state index in [-0.39, 0.29) is 6.10 Å². The van der Waals surface area contributed by atoms with Gasteiger partial charge in [0.25, 0.3) is 0 Å². The molecule has 15 heavy (non-hydrogen) atoms. The average Bonchev–Trinajstić information content (AvgIpc) is 3.06. The Balaban J connectivity index is 2.32. The molecule has 0 aromatic rings. The molecule has 1 fully saturated rings. The Bertz CT molecular complexity index is 171. The number of hydrogen-bond donors (Lipinski definition) is 1. The number of nitrogens with zero attached hydrogens (tertiary/aromatic N) is 1. The first kappa shape index (κ1) is 12.9. The molecule has 2 atom stereocenters. The zero-order valence-corrected chi connectivity index (χ0v) is 10.3. The number of methoxy groups -OCH3 is 1. The topological polar surface area (TPSA) is 32.7 Å². The van der Waals surface area contributed by atoms with E-state index >= 15 is 0 Å². The Morgan fingerprint density at radius 2 is 2.13 bits per heavy atom. The van der Waals surface area contributed by atoms with Gasteiger partial charge in [-0.05, 0) is 32.1 Å². The van der Waals surface area contributed by atoms with E-state index in [4.69, 9.17) is 4.74 Å². The van der Waals surface area contributed by atoms with Crippen LogP contribution in [0.25, 0.3) is 0 Å². The van der Waals surface area contributed by atoms with Gasteiger partial charge in [-0.15, -0.1) is 0 Å². The van der Waals surface area contributed by atoms with E-state index in [0.29, 0.717) is 12.0 Å². The minimum absolute atomic E-state index is 0.129. The van der Waals surface area contributed by atoms with Gasteiger partial charge in [0.1, 0.15) is 0 Å². The van der Waals surface area contributed by atoms with Crippen LogP contribution in [-0.2, 0) is 4.74 Å². The fraction of sp³-hybridized carbons (Fsp3) is 1.00. The third-order valence-corrected chi connectivity index (χ3v) is 3.38. The molecule has 0 saturated heterocycles. The summed E-state index contributed by atoms with van der Waals surface area (Å²) in [5, 5.41) is 9.92. The largest absolute Gasteiger partial charge is 0.392 e. The van der Waals surface area contributed by atoms with Crippen LogP contribution >= 0.6 is 0 Å². The van der Waals surface area contributed by atoms with Crippen LogP contribution in [0.4, 0.5) is 0 Å². The van der Waals surface area contributed by atoms with Crippen LogP contribution in [-0.4, -0.2) is 49.0 Å². The van der Waals surface area contributed by atoms with E-state index in [9.17, 15) is 5.11 Å². The molecule has 1 aliphatic carbocycles. The first-order chi connectivity index (χ1) is 7.19. The van der Waals surface area contributed by atoms with Crippen LogP contribution in [0.2, 0.25) is 0 Å². The van der Waals surface area contributed by atoms with Crippen LogP contribution < -0.4 is 0 Å². The molecule has 90 valence electrons. The van der Waals surface area contributed by atoms with Crippen LogP contribution in [0, 0.1) is 5.92 Å².